The van der Waals surface area contributed by atoms with Gasteiger partial charge >= 0.3 is 0 Å². The standard InChI is InChI=1S/C12H17ClO/c1-11(2,3)12(4,14)9-6-5-7-10(13)8-9/h5-8,14H,1-4H3. The van der Waals surface area contributed by atoms with E-state index in [9.17, 15) is 5.11 Å². The molecule has 0 saturated carbocycles. The highest BCUT2D eigenvalue weighted by Gasteiger charge is 2.36. The summed E-state index contributed by atoms with van der Waals surface area (Å²) in [6, 6.07) is 7.38. The molecular formula is C12H17ClO. The lowest BCUT2D eigenvalue weighted by atomic mass is 9.73. The van der Waals surface area contributed by atoms with Gasteiger partial charge in [-0.1, -0.05) is 44.5 Å². The number of hydrogen-bond donors (Lipinski definition) is 1. The molecule has 0 radical (unpaired) electrons. The maximum atomic E-state index is 10.4. The second kappa shape index (κ2) is 3.56. The molecule has 0 aliphatic rings. The van der Waals surface area contributed by atoms with E-state index in [4.69, 9.17) is 11.6 Å². The van der Waals surface area contributed by atoms with E-state index < -0.39 is 5.60 Å². The van der Waals surface area contributed by atoms with Crippen LogP contribution in [-0.4, -0.2) is 5.11 Å². The van der Waals surface area contributed by atoms with Crippen LogP contribution in [0, 0.1) is 5.41 Å². The lowest BCUT2D eigenvalue weighted by Crippen LogP contribution is -2.36. The minimum absolute atomic E-state index is 0.211. The maximum absolute atomic E-state index is 10.4. The summed E-state index contributed by atoms with van der Waals surface area (Å²) >= 11 is 5.89. The van der Waals surface area contributed by atoms with E-state index in [1.54, 1.807) is 0 Å². The highest BCUT2D eigenvalue weighted by Crippen LogP contribution is 2.39. The van der Waals surface area contributed by atoms with Crippen LogP contribution in [0.25, 0.3) is 0 Å². The van der Waals surface area contributed by atoms with Crippen LogP contribution in [0.5, 0.6) is 0 Å². The van der Waals surface area contributed by atoms with Gasteiger partial charge in [0.25, 0.3) is 0 Å². The fourth-order valence-corrected chi connectivity index (χ4v) is 1.41. The second-order valence-corrected chi connectivity index (χ2v) is 5.27. The van der Waals surface area contributed by atoms with Crippen molar-refractivity contribution in [2.24, 2.45) is 5.41 Å². The Morgan fingerprint density at radius 3 is 2.14 bits per heavy atom. The zero-order valence-corrected chi connectivity index (χ0v) is 9.89. The molecule has 0 bridgehead atoms. The van der Waals surface area contributed by atoms with Crippen LogP contribution >= 0.6 is 11.6 Å². The van der Waals surface area contributed by atoms with Crippen molar-refractivity contribution < 1.29 is 5.11 Å². The Balaban J connectivity index is 3.16. The summed E-state index contributed by atoms with van der Waals surface area (Å²) < 4.78 is 0. The van der Waals surface area contributed by atoms with Gasteiger partial charge in [0.15, 0.2) is 0 Å². The van der Waals surface area contributed by atoms with Crippen molar-refractivity contribution in [2.45, 2.75) is 33.3 Å². The van der Waals surface area contributed by atoms with Crippen molar-refractivity contribution in [3.8, 4) is 0 Å². The number of hydrogen-bond acceptors (Lipinski definition) is 1. The molecule has 1 nitrogen and oxygen atoms in total. The molecule has 1 N–H and O–H groups in total. The summed E-state index contributed by atoms with van der Waals surface area (Å²) in [5.41, 5.74) is -0.215. The molecule has 0 spiro atoms. The largest absolute Gasteiger partial charge is 0.385 e. The maximum Gasteiger partial charge on any atom is 0.0917 e. The number of halogens is 1. The Bertz CT molecular complexity index is 323. The van der Waals surface area contributed by atoms with Gasteiger partial charge in [0.2, 0.25) is 0 Å². The zero-order chi connectivity index (χ0) is 11.0. The van der Waals surface area contributed by atoms with Gasteiger partial charge in [0.05, 0.1) is 5.60 Å². The van der Waals surface area contributed by atoms with Gasteiger partial charge in [0, 0.05) is 5.02 Å². The Morgan fingerprint density at radius 2 is 1.71 bits per heavy atom. The van der Waals surface area contributed by atoms with Crippen LogP contribution < -0.4 is 0 Å². The molecule has 14 heavy (non-hydrogen) atoms. The first-order valence-electron chi connectivity index (χ1n) is 4.73. The lowest BCUT2D eigenvalue weighted by Gasteiger charge is -2.37. The average molecular weight is 213 g/mol. The van der Waals surface area contributed by atoms with Gasteiger partial charge in [-0.25, -0.2) is 0 Å². The molecule has 2 heteroatoms. The molecule has 78 valence electrons. The summed E-state index contributed by atoms with van der Waals surface area (Å²) in [4.78, 5) is 0. The molecule has 0 fully saturated rings. The Morgan fingerprint density at radius 1 is 1.14 bits per heavy atom. The van der Waals surface area contributed by atoms with E-state index in [1.807, 2.05) is 52.0 Å². The molecule has 1 atom stereocenters. The summed E-state index contributed by atoms with van der Waals surface area (Å²) in [6.07, 6.45) is 0. The van der Waals surface area contributed by atoms with E-state index in [2.05, 4.69) is 0 Å². The molecule has 0 saturated heterocycles. The van der Waals surface area contributed by atoms with E-state index in [1.165, 1.54) is 0 Å². The van der Waals surface area contributed by atoms with E-state index >= 15 is 0 Å². The van der Waals surface area contributed by atoms with Crippen molar-refractivity contribution in [1.29, 1.82) is 0 Å². The quantitative estimate of drug-likeness (QED) is 0.755. The van der Waals surface area contributed by atoms with Crippen LogP contribution in [0.15, 0.2) is 24.3 Å². The molecular weight excluding hydrogens is 196 g/mol. The first kappa shape index (κ1) is 11.5. The smallest absolute Gasteiger partial charge is 0.0917 e. The molecule has 0 amide bonds. The highest BCUT2D eigenvalue weighted by molar-refractivity contribution is 6.30. The normalized spacial score (nSPS) is 16.4. The number of rotatable bonds is 1. The highest BCUT2D eigenvalue weighted by atomic mass is 35.5. The molecule has 0 aliphatic carbocycles. The SMILES string of the molecule is CC(C)(C)C(C)(O)c1cccc(Cl)c1. The Kier molecular flexibility index (Phi) is 2.93. The molecule has 0 aromatic heterocycles. The third-order valence-corrected chi connectivity index (χ3v) is 3.08. The van der Waals surface area contributed by atoms with Crippen LogP contribution in [0.1, 0.15) is 33.3 Å². The van der Waals surface area contributed by atoms with Crippen LogP contribution in [0.4, 0.5) is 0 Å². The van der Waals surface area contributed by atoms with Crippen molar-refractivity contribution in [2.75, 3.05) is 0 Å². The molecule has 1 aromatic rings. The fourth-order valence-electron chi connectivity index (χ4n) is 1.22. The summed E-state index contributed by atoms with van der Waals surface area (Å²) in [6.45, 7) is 7.84. The van der Waals surface area contributed by atoms with Gasteiger partial charge < -0.3 is 5.11 Å². The summed E-state index contributed by atoms with van der Waals surface area (Å²) in [7, 11) is 0. The van der Waals surface area contributed by atoms with E-state index in [0.29, 0.717) is 5.02 Å². The Labute approximate surface area is 90.7 Å². The fraction of sp³-hybridized carbons (Fsp3) is 0.500. The molecule has 1 unspecified atom stereocenters. The van der Waals surface area contributed by atoms with Gasteiger partial charge in [-0.2, -0.15) is 0 Å². The van der Waals surface area contributed by atoms with Crippen molar-refractivity contribution in [1.82, 2.24) is 0 Å². The average Bonchev–Trinajstić information content (AvgIpc) is 2.02. The van der Waals surface area contributed by atoms with E-state index in [-0.39, 0.29) is 5.41 Å². The summed E-state index contributed by atoms with van der Waals surface area (Å²) in [5.74, 6) is 0. The Hall–Kier alpha value is -0.530. The monoisotopic (exact) mass is 212 g/mol. The third-order valence-electron chi connectivity index (χ3n) is 2.85. The summed E-state index contributed by atoms with van der Waals surface area (Å²) in [5, 5.41) is 11.0. The minimum atomic E-state index is -0.863. The zero-order valence-electron chi connectivity index (χ0n) is 9.13. The minimum Gasteiger partial charge on any atom is -0.385 e. The van der Waals surface area contributed by atoms with Gasteiger partial charge in [-0.3, -0.25) is 0 Å². The van der Waals surface area contributed by atoms with Gasteiger partial charge in [-0.15, -0.1) is 0 Å². The van der Waals surface area contributed by atoms with Crippen LogP contribution in [0.2, 0.25) is 5.02 Å². The van der Waals surface area contributed by atoms with Gasteiger partial charge in [0.1, 0.15) is 0 Å². The lowest BCUT2D eigenvalue weighted by molar-refractivity contribution is -0.0470. The number of aliphatic hydroxyl groups is 1. The van der Waals surface area contributed by atoms with Crippen molar-refractivity contribution >= 4 is 11.6 Å². The number of benzene rings is 1. The molecule has 1 rings (SSSR count). The molecule has 0 heterocycles. The molecule has 1 aromatic carbocycles. The van der Waals surface area contributed by atoms with E-state index in [0.717, 1.165) is 5.56 Å². The van der Waals surface area contributed by atoms with Gasteiger partial charge in [-0.05, 0) is 30.0 Å². The topological polar surface area (TPSA) is 20.2 Å². The first-order valence-corrected chi connectivity index (χ1v) is 5.11. The van der Waals surface area contributed by atoms with Crippen LogP contribution in [-0.2, 0) is 5.60 Å². The first-order chi connectivity index (χ1) is 6.25. The van der Waals surface area contributed by atoms with Crippen LogP contribution in [0.3, 0.4) is 0 Å². The molecule has 0 aliphatic heterocycles. The van der Waals surface area contributed by atoms with Crippen molar-refractivity contribution in [3.05, 3.63) is 34.9 Å². The predicted octanol–water partition coefficient (Wildman–Crippen LogP) is 3.59. The predicted molar refractivity (Wildman–Crippen MR) is 60.5 cm³/mol. The second-order valence-electron chi connectivity index (χ2n) is 4.83. The third kappa shape index (κ3) is 2.10. The van der Waals surface area contributed by atoms with Crippen molar-refractivity contribution in [3.63, 3.8) is 0 Å².